The van der Waals surface area contributed by atoms with Crippen LogP contribution in [0.5, 0.6) is 0 Å². The van der Waals surface area contributed by atoms with E-state index in [0.717, 1.165) is 51.2 Å². The molecule has 0 aromatic carbocycles. The van der Waals surface area contributed by atoms with E-state index in [2.05, 4.69) is 31.4 Å². The number of likely N-dealkylation sites (tertiary alicyclic amines) is 1. The molecule has 6 atom stereocenters. The van der Waals surface area contributed by atoms with E-state index in [-0.39, 0.29) is 30.7 Å². The minimum Gasteiger partial charge on any atom is -0.404 e. The van der Waals surface area contributed by atoms with Crippen LogP contribution in [0, 0.1) is 17.3 Å². The number of hydrogen-bond donors (Lipinski definition) is 2. The van der Waals surface area contributed by atoms with Crippen molar-refractivity contribution in [1.82, 2.24) is 15.5 Å². The predicted molar refractivity (Wildman–Crippen MR) is 104 cm³/mol. The largest absolute Gasteiger partial charge is 0.481 e. The highest BCUT2D eigenvalue weighted by Gasteiger charge is 2.69. The number of rotatable bonds is 4. The lowest BCUT2D eigenvalue weighted by Crippen LogP contribution is -2.65. The Kier molecular flexibility index (Phi) is 4.39. The molecule has 0 radical (unpaired) electrons. The van der Waals surface area contributed by atoms with Gasteiger partial charge in [-0.1, -0.05) is 13.8 Å². The predicted octanol–water partition coefficient (Wildman–Crippen LogP) is 1.20. The molecule has 6 fully saturated rings. The van der Waals surface area contributed by atoms with Crippen LogP contribution in [-0.2, 0) is 14.1 Å². The summed E-state index contributed by atoms with van der Waals surface area (Å²) in [5.74, 6) is 1.60. The Bertz CT molecular complexity index is 611. The number of carbonyl (C=O) groups is 1. The third kappa shape index (κ3) is 2.80. The van der Waals surface area contributed by atoms with E-state index in [1.165, 1.54) is 6.42 Å². The molecule has 0 aromatic heterocycles. The van der Waals surface area contributed by atoms with Crippen LogP contribution in [0.15, 0.2) is 0 Å². The molecule has 1 amide bonds. The lowest BCUT2D eigenvalue weighted by molar-refractivity contribution is -0.199. The molecule has 0 spiro atoms. The molecule has 27 heavy (non-hydrogen) atoms. The molecule has 2 N–H and O–H groups in total. The summed E-state index contributed by atoms with van der Waals surface area (Å²) in [5.41, 5.74) is 0.169. The maximum Gasteiger partial charge on any atom is 0.481 e. The second-order valence-electron chi connectivity index (χ2n) is 10.2. The lowest BCUT2D eigenvalue weighted by Gasteiger charge is -2.64. The molecule has 3 saturated heterocycles. The Balaban J connectivity index is 1.24. The average molecular weight is 375 g/mol. The minimum atomic E-state index is -0.255. The van der Waals surface area contributed by atoms with Gasteiger partial charge in [0.2, 0.25) is 5.91 Å². The summed E-state index contributed by atoms with van der Waals surface area (Å²) < 4.78 is 13.1. The molecule has 6 aliphatic rings. The third-order valence-electron chi connectivity index (χ3n) is 8.50. The van der Waals surface area contributed by atoms with Crippen molar-refractivity contribution >= 4 is 13.0 Å². The SMILES string of the molecule is CC1(C)[C@@H]2CC3OB(C4CCCN4C(=O)CNC4CCNC4)O[C@@]3(C)[C@H]1C2. The summed E-state index contributed by atoms with van der Waals surface area (Å²) in [4.78, 5) is 14.9. The molecule has 3 unspecified atom stereocenters. The van der Waals surface area contributed by atoms with Crippen LogP contribution in [0.1, 0.15) is 52.9 Å². The summed E-state index contributed by atoms with van der Waals surface area (Å²) in [6, 6.07) is 0.421. The monoisotopic (exact) mass is 375 g/mol. The first kappa shape index (κ1) is 18.4. The molecular formula is C20H34BN3O3. The Morgan fingerprint density at radius 1 is 1.30 bits per heavy atom. The van der Waals surface area contributed by atoms with E-state index in [1.54, 1.807) is 0 Å². The Hall–Kier alpha value is -0.625. The number of carbonyl (C=O) groups excluding carboxylic acids is 1. The van der Waals surface area contributed by atoms with E-state index < -0.39 is 0 Å². The van der Waals surface area contributed by atoms with Crippen molar-refractivity contribution in [3.8, 4) is 0 Å². The van der Waals surface area contributed by atoms with Gasteiger partial charge in [0.25, 0.3) is 0 Å². The van der Waals surface area contributed by atoms with Crippen LogP contribution in [-0.4, -0.2) is 67.8 Å². The molecule has 150 valence electrons. The molecule has 3 aliphatic heterocycles. The number of amides is 1. The third-order valence-corrected chi connectivity index (χ3v) is 8.50. The van der Waals surface area contributed by atoms with E-state index in [1.807, 2.05) is 4.90 Å². The molecule has 3 heterocycles. The zero-order chi connectivity index (χ0) is 18.8. The normalized spacial score (nSPS) is 45.1. The van der Waals surface area contributed by atoms with Crippen molar-refractivity contribution in [2.24, 2.45) is 17.3 Å². The fraction of sp³-hybridized carbons (Fsp3) is 0.950. The van der Waals surface area contributed by atoms with Gasteiger partial charge in [-0.25, -0.2) is 0 Å². The van der Waals surface area contributed by atoms with Crippen molar-refractivity contribution < 1.29 is 14.1 Å². The second-order valence-corrected chi connectivity index (χ2v) is 10.2. The zero-order valence-electron chi connectivity index (χ0n) is 17.0. The molecule has 7 heteroatoms. The standard InChI is InChI=1S/C20H34BN3O3/c1-19(2)13-9-15(19)20(3)16(10-13)26-21(27-20)17-5-4-8-24(17)18(25)12-23-14-6-7-22-11-14/h13-17,22-23H,4-12H2,1-3H3/t13-,14?,15-,16?,17?,20-/m0/s1. The van der Waals surface area contributed by atoms with Crippen LogP contribution in [0.25, 0.3) is 0 Å². The summed E-state index contributed by atoms with van der Waals surface area (Å²) in [7, 11) is -0.255. The van der Waals surface area contributed by atoms with Crippen molar-refractivity contribution in [2.45, 2.75) is 76.6 Å². The van der Waals surface area contributed by atoms with Gasteiger partial charge >= 0.3 is 7.12 Å². The molecular weight excluding hydrogens is 341 g/mol. The van der Waals surface area contributed by atoms with Crippen molar-refractivity contribution in [1.29, 1.82) is 0 Å². The lowest BCUT2D eigenvalue weighted by atomic mass is 9.43. The molecule has 6 nitrogen and oxygen atoms in total. The fourth-order valence-electron chi connectivity index (χ4n) is 6.61. The summed E-state index contributed by atoms with van der Waals surface area (Å²) in [6.45, 7) is 10.3. The van der Waals surface area contributed by atoms with Crippen LogP contribution < -0.4 is 10.6 Å². The van der Waals surface area contributed by atoms with Gasteiger partial charge in [0.1, 0.15) is 0 Å². The van der Waals surface area contributed by atoms with Crippen molar-refractivity contribution in [3.63, 3.8) is 0 Å². The van der Waals surface area contributed by atoms with Gasteiger partial charge in [0.05, 0.1) is 24.2 Å². The van der Waals surface area contributed by atoms with Crippen LogP contribution in [0.2, 0.25) is 0 Å². The Morgan fingerprint density at radius 3 is 2.89 bits per heavy atom. The number of nitrogens with one attached hydrogen (secondary N) is 2. The second kappa shape index (κ2) is 6.44. The molecule has 6 rings (SSSR count). The highest BCUT2D eigenvalue weighted by Crippen LogP contribution is 2.65. The van der Waals surface area contributed by atoms with Crippen molar-refractivity contribution in [2.75, 3.05) is 26.2 Å². The first-order valence-electron chi connectivity index (χ1n) is 11.0. The molecule has 3 saturated carbocycles. The van der Waals surface area contributed by atoms with Crippen molar-refractivity contribution in [3.05, 3.63) is 0 Å². The van der Waals surface area contributed by atoms with Gasteiger partial charge in [-0.2, -0.15) is 0 Å². The molecule has 2 bridgehead atoms. The zero-order valence-corrected chi connectivity index (χ0v) is 17.0. The Morgan fingerprint density at radius 2 is 2.15 bits per heavy atom. The summed E-state index contributed by atoms with van der Waals surface area (Å²) >= 11 is 0. The van der Waals surface area contributed by atoms with E-state index in [0.29, 0.717) is 23.9 Å². The smallest absolute Gasteiger partial charge is 0.404 e. The molecule has 0 aromatic rings. The van der Waals surface area contributed by atoms with Gasteiger partial charge in [0.15, 0.2) is 0 Å². The highest BCUT2D eigenvalue weighted by atomic mass is 16.7. The van der Waals surface area contributed by atoms with Gasteiger partial charge in [0, 0.05) is 19.1 Å². The Labute approximate surface area is 163 Å². The van der Waals surface area contributed by atoms with Gasteiger partial charge in [-0.15, -0.1) is 0 Å². The maximum atomic E-state index is 12.9. The van der Waals surface area contributed by atoms with E-state index in [9.17, 15) is 4.79 Å². The van der Waals surface area contributed by atoms with Gasteiger partial charge in [-0.05, 0) is 62.8 Å². The van der Waals surface area contributed by atoms with Crippen LogP contribution in [0.4, 0.5) is 0 Å². The quantitative estimate of drug-likeness (QED) is 0.723. The van der Waals surface area contributed by atoms with E-state index >= 15 is 0 Å². The van der Waals surface area contributed by atoms with Crippen LogP contribution in [0.3, 0.4) is 0 Å². The average Bonchev–Trinajstić information content (AvgIpc) is 3.36. The first-order valence-corrected chi connectivity index (χ1v) is 11.0. The van der Waals surface area contributed by atoms with E-state index in [4.69, 9.17) is 9.31 Å². The number of hydrogen-bond acceptors (Lipinski definition) is 5. The maximum absolute atomic E-state index is 12.9. The topological polar surface area (TPSA) is 62.8 Å². The highest BCUT2D eigenvalue weighted by molar-refractivity contribution is 6.48. The summed E-state index contributed by atoms with van der Waals surface area (Å²) in [6.07, 6.45) is 5.70. The van der Waals surface area contributed by atoms with Crippen LogP contribution >= 0.6 is 0 Å². The summed E-state index contributed by atoms with van der Waals surface area (Å²) in [5, 5.41) is 6.75. The number of nitrogens with zero attached hydrogens (tertiary/aromatic N) is 1. The fourth-order valence-corrected chi connectivity index (χ4v) is 6.61. The minimum absolute atomic E-state index is 0.0729. The van der Waals surface area contributed by atoms with Gasteiger partial charge in [-0.3, -0.25) is 4.79 Å². The first-order chi connectivity index (χ1) is 12.9. The van der Waals surface area contributed by atoms with Gasteiger partial charge < -0.3 is 24.8 Å². The molecule has 3 aliphatic carbocycles.